The van der Waals surface area contributed by atoms with Crippen LogP contribution in [0.4, 0.5) is 4.39 Å². The summed E-state index contributed by atoms with van der Waals surface area (Å²) >= 11 is 0. The molecule has 0 radical (unpaired) electrons. The number of carbonyl (C=O) groups is 1. The second kappa shape index (κ2) is 6.84. The number of benzene rings is 1. The predicted octanol–water partition coefficient (Wildman–Crippen LogP) is 2.63. The first-order valence-corrected chi connectivity index (χ1v) is 7.36. The van der Waals surface area contributed by atoms with Gasteiger partial charge in [-0.25, -0.2) is 4.39 Å². The van der Waals surface area contributed by atoms with Gasteiger partial charge in [0, 0.05) is 12.1 Å². The van der Waals surface area contributed by atoms with Crippen molar-refractivity contribution < 1.29 is 9.18 Å². The van der Waals surface area contributed by atoms with Gasteiger partial charge < -0.3 is 11.1 Å². The zero-order chi connectivity index (χ0) is 14.5. The van der Waals surface area contributed by atoms with E-state index in [2.05, 4.69) is 5.32 Å². The van der Waals surface area contributed by atoms with Crippen molar-refractivity contribution in [2.75, 3.05) is 13.1 Å². The predicted molar refractivity (Wildman–Crippen MR) is 78.0 cm³/mol. The van der Waals surface area contributed by atoms with E-state index in [0.717, 1.165) is 18.4 Å². The molecule has 1 fully saturated rings. The fourth-order valence-electron chi connectivity index (χ4n) is 3.02. The van der Waals surface area contributed by atoms with Crippen LogP contribution >= 0.6 is 0 Å². The molecule has 1 aliphatic rings. The van der Waals surface area contributed by atoms with Crippen molar-refractivity contribution >= 4 is 5.91 Å². The molecule has 4 heteroatoms. The average Bonchev–Trinajstić information content (AvgIpc) is 2.47. The summed E-state index contributed by atoms with van der Waals surface area (Å²) in [4.78, 5) is 12.1. The molecular weight excluding hydrogens is 255 g/mol. The molecule has 110 valence electrons. The third-order valence-corrected chi connectivity index (χ3v) is 4.34. The lowest BCUT2D eigenvalue weighted by molar-refractivity contribution is 0.0934. The van der Waals surface area contributed by atoms with E-state index in [-0.39, 0.29) is 11.7 Å². The topological polar surface area (TPSA) is 55.1 Å². The van der Waals surface area contributed by atoms with Gasteiger partial charge in [-0.1, -0.05) is 18.9 Å². The van der Waals surface area contributed by atoms with Crippen LogP contribution in [0.2, 0.25) is 0 Å². The van der Waals surface area contributed by atoms with Gasteiger partial charge in [0.2, 0.25) is 0 Å². The third kappa shape index (κ3) is 3.57. The second-order valence-electron chi connectivity index (χ2n) is 5.71. The van der Waals surface area contributed by atoms with Gasteiger partial charge in [0.1, 0.15) is 5.82 Å². The van der Waals surface area contributed by atoms with Crippen LogP contribution in [0.1, 0.15) is 41.6 Å². The zero-order valence-electron chi connectivity index (χ0n) is 12.0. The highest BCUT2D eigenvalue weighted by molar-refractivity contribution is 5.95. The summed E-state index contributed by atoms with van der Waals surface area (Å²) in [5.74, 6) is 0.380. The molecule has 1 aromatic rings. The van der Waals surface area contributed by atoms with Crippen molar-refractivity contribution in [3.05, 3.63) is 35.1 Å². The van der Waals surface area contributed by atoms with Crippen LogP contribution in [0.25, 0.3) is 0 Å². The van der Waals surface area contributed by atoms with E-state index in [1.165, 1.54) is 25.0 Å². The molecule has 0 aliphatic heterocycles. The first-order valence-electron chi connectivity index (χ1n) is 7.36. The van der Waals surface area contributed by atoms with Crippen LogP contribution in [0.5, 0.6) is 0 Å². The van der Waals surface area contributed by atoms with Crippen LogP contribution in [0, 0.1) is 24.6 Å². The SMILES string of the molecule is Cc1ccc(F)cc1C(=O)NCC1CCCCC1CN. The number of rotatable bonds is 4. The number of aryl methyl sites for hydroxylation is 1. The molecule has 20 heavy (non-hydrogen) atoms. The van der Waals surface area contributed by atoms with Gasteiger partial charge in [0.05, 0.1) is 0 Å². The number of hydrogen-bond donors (Lipinski definition) is 2. The van der Waals surface area contributed by atoms with Gasteiger partial charge in [-0.15, -0.1) is 0 Å². The second-order valence-corrected chi connectivity index (χ2v) is 5.71. The van der Waals surface area contributed by atoms with Crippen LogP contribution in [0.3, 0.4) is 0 Å². The van der Waals surface area contributed by atoms with Crippen molar-refractivity contribution in [1.29, 1.82) is 0 Å². The van der Waals surface area contributed by atoms with Crippen molar-refractivity contribution in [3.8, 4) is 0 Å². The Labute approximate surface area is 119 Å². The lowest BCUT2D eigenvalue weighted by atomic mass is 9.79. The summed E-state index contributed by atoms with van der Waals surface area (Å²) in [5.41, 5.74) is 7.01. The number of halogens is 1. The Morgan fingerprint density at radius 3 is 2.75 bits per heavy atom. The highest BCUT2D eigenvalue weighted by Gasteiger charge is 2.24. The number of nitrogens with one attached hydrogen (secondary N) is 1. The summed E-state index contributed by atoms with van der Waals surface area (Å²) in [6.07, 6.45) is 4.70. The van der Waals surface area contributed by atoms with E-state index >= 15 is 0 Å². The molecule has 0 spiro atoms. The van der Waals surface area contributed by atoms with Crippen LogP contribution in [-0.2, 0) is 0 Å². The Balaban J connectivity index is 1.96. The molecule has 1 saturated carbocycles. The summed E-state index contributed by atoms with van der Waals surface area (Å²) in [6.45, 7) is 3.13. The molecule has 1 amide bonds. The largest absolute Gasteiger partial charge is 0.352 e. The number of nitrogens with two attached hydrogens (primary N) is 1. The van der Waals surface area contributed by atoms with Crippen molar-refractivity contribution in [1.82, 2.24) is 5.32 Å². The summed E-state index contributed by atoms with van der Waals surface area (Å²) in [7, 11) is 0. The van der Waals surface area contributed by atoms with Gasteiger partial charge in [0.25, 0.3) is 5.91 Å². The highest BCUT2D eigenvalue weighted by Crippen LogP contribution is 2.28. The van der Waals surface area contributed by atoms with Crippen molar-refractivity contribution in [2.45, 2.75) is 32.6 Å². The van der Waals surface area contributed by atoms with E-state index in [1.54, 1.807) is 6.07 Å². The lowest BCUT2D eigenvalue weighted by Crippen LogP contribution is -2.37. The molecular formula is C16H23FN2O. The van der Waals surface area contributed by atoms with Crippen LogP contribution in [-0.4, -0.2) is 19.0 Å². The minimum Gasteiger partial charge on any atom is -0.352 e. The maximum Gasteiger partial charge on any atom is 0.251 e. The van der Waals surface area contributed by atoms with E-state index in [9.17, 15) is 9.18 Å². The molecule has 0 heterocycles. The average molecular weight is 278 g/mol. The van der Waals surface area contributed by atoms with E-state index in [4.69, 9.17) is 5.73 Å². The molecule has 1 aromatic carbocycles. The minimum absolute atomic E-state index is 0.191. The highest BCUT2D eigenvalue weighted by atomic mass is 19.1. The Morgan fingerprint density at radius 2 is 2.05 bits per heavy atom. The normalized spacial score (nSPS) is 22.6. The molecule has 0 bridgehead atoms. The van der Waals surface area contributed by atoms with Gasteiger partial charge in [-0.3, -0.25) is 4.79 Å². The molecule has 1 aliphatic carbocycles. The monoisotopic (exact) mass is 278 g/mol. The van der Waals surface area contributed by atoms with Gasteiger partial charge >= 0.3 is 0 Å². The van der Waals surface area contributed by atoms with E-state index in [1.807, 2.05) is 6.92 Å². The summed E-state index contributed by atoms with van der Waals surface area (Å²) < 4.78 is 13.2. The van der Waals surface area contributed by atoms with Gasteiger partial charge in [-0.05, 0) is 55.8 Å². The van der Waals surface area contributed by atoms with Gasteiger partial charge in [0.15, 0.2) is 0 Å². The standard InChI is InChI=1S/C16H23FN2O/c1-11-6-7-14(17)8-15(11)16(20)19-10-13-5-3-2-4-12(13)9-18/h6-8,12-13H,2-5,9-10,18H2,1H3,(H,19,20). The Hall–Kier alpha value is -1.42. The van der Waals surface area contributed by atoms with Crippen LogP contribution in [0.15, 0.2) is 18.2 Å². The summed E-state index contributed by atoms with van der Waals surface area (Å²) in [6, 6.07) is 4.30. The Kier molecular flexibility index (Phi) is 5.12. The number of hydrogen-bond acceptors (Lipinski definition) is 2. The molecule has 0 saturated heterocycles. The first-order chi connectivity index (χ1) is 9.61. The van der Waals surface area contributed by atoms with Crippen molar-refractivity contribution in [2.24, 2.45) is 17.6 Å². The lowest BCUT2D eigenvalue weighted by Gasteiger charge is -2.30. The van der Waals surface area contributed by atoms with Crippen LogP contribution < -0.4 is 11.1 Å². The molecule has 3 nitrogen and oxygen atoms in total. The van der Waals surface area contributed by atoms with Crippen molar-refractivity contribution in [3.63, 3.8) is 0 Å². The maximum atomic E-state index is 13.2. The fraction of sp³-hybridized carbons (Fsp3) is 0.562. The number of carbonyl (C=O) groups excluding carboxylic acids is 1. The Bertz CT molecular complexity index is 476. The third-order valence-electron chi connectivity index (χ3n) is 4.34. The minimum atomic E-state index is -0.377. The summed E-state index contributed by atoms with van der Waals surface area (Å²) in [5, 5.41) is 2.94. The fourth-order valence-corrected chi connectivity index (χ4v) is 3.02. The maximum absolute atomic E-state index is 13.2. The zero-order valence-corrected chi connectivity index (χ0v) is 12.0. The van der Waals surface area contributed by atoms with Gasteiger partial charge in [-0.2, -0.15) is 0 Å². The van der Waals surface area contributed by atoms with E-state index < -0.39 is 0 Å². The molecule has 2 rings (SSSR count). The number of amides is 1. The smallest absolute Gasteiger partial charge is 0.251 e. The van der Waals surface area contributed by atoms with E-state index in [0.29, 0.717) is 30.5 Å². The molecule has 0 aromatic heterocycles. The molecule has 2 atom stereocenters. The molecule has 2 unspecified atom stereocenters. The first kappa shape index (κ1) is 15.0. The molecule has 3 N–H and O–H groups in total. The quantitative estimate of drug-likeness (QED) is 0.889. The Morgan fingerprint density at radius 1 is 1.35 bits per heavy atom.